The zero-order valence-electron chi connectivity index (χ0n) is 18.3. The molecule has 0 bridgehead atoms. The molecule has 0 amide bonds. The summed E-state index contributed by atoms with van der Waals surface area (Å²) in [5.41, 5.74) is 0. The molecule has 1 saturated heterocycles. The van der Waals surface area contributed by atoms with E-state index >= 15 is 0 Å². The van der Waals surface area contributed by atoms with Gasteiger partial charge in [-0.25, -0.2) is 4.79 Å². The second-order valence-corrected chi connectivity index (χ2v) is 7.97. The third kappa shape index (κ3) is 10.2. The molecule has 0 aliphatic carbocycles. The summed E-state index contributed by atoms with van der Waals surface area (Å²) in [5, 5.41) is 30.2. The molecular weight excluding hydrogens is 376 g/mol. The van der Waals surface area contributed by atoms with E-state index in [1.165, 1.54) is 38.5 Å². The number of esters is 1. The van der Waals surface area contributed by atoms with Crippen LogP contribution in [-0.2, 0) is 19.0 Å². The molecule has 5 atom stereocenters. The van der Waals surface area contributed by atoms with Crippen molar-refractivity contribution < 1.29 is 34.3 Å². The molecule has 0 saturated carbocycles. The molecular formula is C22H42O7. The van der Waals surface area contributed by atoms with E-state index in [0.29, 0.717) is 6.61 Å². The fourth-order valence-electron chi connectivity index (χ4n) is 3.40. The van der Waals surface area contributed by atoms with E-state index < -0.39 is 36.7 Å². The van der Waals surface area contributed by atoms with Gasteiger partial charge in [-0.3, -0.25) is 0 Å². The van der Waals surface area contributed by atoms with Gasteiger partial charge in [0.05, 0.1) is 6.61 Å². The van der Waals surface area contributed by atoms with Gasteiger partial charge in [-0.1, -0.05) is 78.1 Å². The Morgan fingerprint density at radius 3 is 1.83 bits per heavy atom. The van der Waals surface area contributed by atoms with E-state index in [0.717, 1.165) is 38.5 Å². The van der Waals surface area contributed by atoms with E-state index in [4.69, 9.17) is 14.2 Å². The Bertz CT molecular complexity index is 418. The lowest BCUT2D eigenvalue weighted by atomic mass is 9.99. The van der Waals surface area contributed by atoms with Gasteiger partial charge < -0.3 is 29.5 Å². The monoisotopic (exact) mass is 418 g/mol. The van der Waals surface area contributed by atoms with Crippen LogP contribution in [0.1, 0.15) is 90.9 Å². The van der Waals surface area contributed by atoms with Crippen LogP contribution in [0.2, 0.25) is 0 Å². The second kappa shape index (κ2) is 16.0. The molecule has 172 valence electrons. The topological polar surface area (TPSA) is 105 Å². The third-order valence-electron chi connectivity index (χ3n) is 5.32. The van der Waals surface area contributed by atoms with Gasteiger partial charge in [0.25, 0.3) is 0 Å². The minimum absolute atomic E-state index is 0.249. The van der Waals surface area contributed by atoms with Crippen molar-refractivity contribution in [2.24, 2.45) is 0 Å². The summed E-state index contributed by atoms with van der Waals surface area (Å²) in [6, 6.07) is 0. The van der Waals surface area contributed by atoms with Crippen LogP contribution in [0.15, 0.2) is 0 Å². The van der Waals surface area contributed by atoms with Crippen LogP contribution in [0, 0.1) is 0 Å². The second-order valence-electron chi connectivity index (χ2n) is 7.97. The molecule has 0 radical (unpaired) electrons. The van der Waals surface area contributed by atoms with Crippen molar-refractivity contribution in [2.75, 3.05) is 13.2 Å². The Hall–Kier alpha value is -0.730. The summed E-state index contributed by atoms with van der Waals surface area (Å²) >= 11 is 0. The first-order valence-electron chi connectivity index (χ1n) is 11.5. The van der Waals surface area contributed by atoms with Gasteiger partial charge in [-0.05, 0) is 12.8 Å². The average molecular weight is 419 g/mol. The molecule has 1 aliphatic rings. The molecule has 0 spiro atoms. The first-order valence-corrected chi connectivity index (χ1v) is 11.5. The highest BCUT2D eigenvalue weighted by atomic mass is 16.7. The molecule has 29 heavy (non-hydrogen) atoms. The van der Waals surface area contributed by atoms with Crippen molar-refractivity contribution in [3.8, 4) is 0 Å². The Morgan fingerprint density at radius 1 is 0.724 bits per heavy atom. The van der Waals surface area contributed by atoms with E-state index in [1.807, 2.05) is 0 Å². The zero-order valence-corrected chi connectivity index (χ0v) is 18.3. The van der Waals surface area contributed by atoms with Crippen molar-refractivity contribution in [3.05, 3.63) is 0 Å². The van der Waals surface area contributed by atoms with E-state index in [1.54, 1.807) is 0 Å². The number of unbranched alkanes of at least 4 members (excludes halogenated alkanes) is 10. The van der Waals surface area contributed by atoms with Crippen LogP contribution in [-0.4, -0.2) is 65.2 Å². The van der Waals surface area contributed by atoms with Crippen LogP contribution in [0.4, 0.5) is 0 Å². The van der Waals surface area contributed by atoms with Crippen molar-refractivity contribution in [1.82, 2.24) is 0 Å². The van der Waals surface area contributed by atoms with Crippen molar-refractivity contribution >= 4 is 5.97 Å². The summed E-state index contributed by atoms with van der Waals surface area (Å²) in [4.78, 5) is 12.3. The number of hydrogen-bond donors (Lipinski definition) is 3. The Balaban J connectivity index is 2.33. The molecule has 7 nitrogen and oxygen atoms in total. The van der Waals surface area contributed by atoms with Crippen LogP contribution in [0.3, 0.4) is 0 Å². The molecule has 0 aromatic carbocycles. The summed E-state index contributed by atoms with van der Waals surface area (Å²) in [5.74, 6) is -0.731. The molecule has 0 aromatic heterocycles. The van der Waals surface area contributed by atoms with E-state index in [2.05, 4.69) is 13.8 Å². The zero-order chi connectivity index (χ0) is 21.5. The van der Waals surface area contributed by atoms with Gasteiger partial charge in [0.1, 0.15) is 18.3 Å². The smallest absolute Gasteiger partial charge is 0.338 e. The van der Waals surface area contributed by atoms with Crippen LogP contribution < -0.4 is 0 Å². The number of aliphatic hydroxyl groups excluding tert-OH is 3. The molecule has 7 heteroatoms. The van der Waals surface area contributed by atoms with Gasteiger partial charge in [0, 0.05) is 6.61 Å². The number of rotatable bonds is 16. The van der Waals surface area contributed by atoms with Gasteiger partial charge in [-0.15, -0.1) is 0 Å². The van der Waals surface area contributed by atoms with Crippen LogP contribution >= 0.6 is 0 Å². The quantitative estimate of drug-likeness (QED) is 0.261. The lowest BCUT2D eigenvalue weighted by Gasteiger charge is -2.39. The van der Waals surface area contributed by atoms with Gasteiger partial charge in [0.15, 0.2) is 12.4 Å². The average Bonchev–Trinajstić information content (AvgIpc) is 2.72. The Morgan fingerprint density at radius 2 is 1.24 bits per heavy atom. The predicted molar refractivity (Wildman–Crippen MR) is 110 cm³/mol. The molecule has 0 aromatic rings. The Labute approximate surface area is 175 Å². The van der Waals surface area contributed by atoms with E-state index in [9.17, 15) is 20.1 Å². The highest BCUT2D eigenvalue weighted by Gasteiger charge is 2.48. The fraction of sp³-hybridized carbons (Fsp3) is 0.955. The van der Waals surface area contributed by atoms with Crippen LogP contribution in [0.25, 0.3) is 0 Å². The summed E-state index contributed by atoms with van der Waals surface area (Å²) < 4.78 is 16.2. The predicted octanol–water partition coefficient (Wildman–Crippen LogP) is 3.07. The number of aliphatic hydroxyl groups is 3. The van der Waals surface area contributed by atoms with Gasteiger partial charge >= 0.3 is 5.97 Å². The standard InChI is InChI=1S/C22H42O7/c1-3-5-7-9-11-13-15-27-21(26)20-18(24)17(23)19(25)22(29-20)28-16-14-12-10-8-6-4-2/h17-20,22-25H,3-16H2,1-2H3/t17-,18+,19+,20-,22+/m0/s1. The normalized spacial score (nSPS) is 27.1. The molecule has 0 unspecified atom stereocenters. The minimum atomic E-state index is -1.55. The number of hydrogen-bond acceptors (Lipinski definition) is 7. The molecule has 1 fully saturated rings. The third-order valence-corrected chi connectivity index (χ3v) is 5.32. The van der Waals surface area contributed by atoms with Gasteiger partial charge in [0.2, 0.25) is 0 Å². The van der Waals surface area contributed by atoms with Crippen LogP contribution in [0.5, 0.6) is 0 Å². The number of carbonyl (C=O) groups excluding carboxylic acids is 1. The number of ether oxygens (including phenoxy) is 3. The summed E-state index contributed by atoms with van der Waals surface area (Å²) in [6.07, 6.45) is 5.96. The summed E-state index contributed by atoms with van der Waals surface area (Å²) in [7, 11) is 0. The molecule has 1 aliphatic heterocycles. The maximum atomic E-state index is 12.3. The first-order chi connectivity index (χ1) is 14.0. The van der Waals surface area contributed by atoms with E-state index in [-0.39, 0.29) is 6.61 Å². The number of carbonyl (C=O) groups is 1. The highest BCUT2D eigenvalue weighted by molar-refractivity contribution is 5.75. The highest BCUT2D eigenvalue weighted by Crippen LogP contribution is 2.23. The maximum absolute atomic E-state index is 12.3. The largest absolute Gasteiger partial charge is 0.464 e. The SMILES string of the molecule is CCCCCCCCOC(=O)[C@H]1O[C@@H](OCCCCCCCC)[C@H](O)[C@@H](O)[C@H]1O. The van der Waals surface area contributed by atoms with Crippen molar-refractivity contribution in [2.45, 2.75) is 122 Å². The fourth-order valence-corrected chi connectivity index (χ4v) is 3.40. The van der Waals surface area contributed by atoms with Crippen molar-refractivity contribution in [1.29, 1.82) is 0 Å². The lowest BCUT2D eigenvalue weighted by Crippen LogP contribution is -2.60. The Kier molecular flexibility index (Phi) is 14.5. The molecule has 1 heterocycles. The van der Waals surface area contributed by atoms with Gasteiger partial charge in [-0.2, -0.15) is 0 Å². The lowest BCUT2D eigenvalue weighted by molar-refractivity contribution is -0.295. The molecule has 1 rings (SSSR count). The molecule has 3 N–H and O–H groups in total. The maximum Gasteiger partial charge on any atom is 0.338 e. The minimum Gasteiger partial charge on any atom is -0.464 e. The summed E-state index contributed by atoms with van der Waals surface area (Å²) in [6.45, 7) is 4.93. The first kappa shape index (κ1) is 26.3. The van der Waals surface area contributed by atoms with Crippen molar-refractivity contribution in [3.63, 3.8) is 0 Å².